The van der Waals surface area contributed by atoms with Crippen LogP contribution >= 0.6 is 0 Å². The lowest BCUT2D eigenvalue weighted by molar-refractivity contribution is 0.0710. The summed E-state index contributed by atoms with van der Waals surface area (Å²) in [6.45, 7) is 4.24. The first-order valence-corrected chi connectivity index (χ1v) is 5.73. The lowest BCUT2D eigenvalue weighted by Crippen LogP contribution is -2.39. The number of oxime groups is 1. The summed E-state index contributed by atoms with van der Waals surface area (Å²) in [6, 6.07) is 3.47. The molecule has 1 rings (SSSR count). The van der Waals surface area contributed by atoms with Crippen LogP contribution in [-0.2, 0) is 0 Å². The van der Waals surface area contributed by atoms with Crippen LogP contribution in [0.5, 0.6) is 0 Å². The maximum atomic E-state index is 12.2. The monoisotopic (exact) mass is 250 g/mol. The minimum Gasteiger partial charge on any atom is -0.409 e. The minimum atomic E-state index is -0.108. The normalized spacial score (nSPS) is 11.6. The van der Waals surface area contributed by atoms with E-state index in [1.807, 2.05) is 13.8 Å². The first-order valence-electron chi connectivity index (χ1n) is 5.73. The minimum absolute atomic E-state index is 0.0317. The molecule has 0 saturated carbocycles. The third-order valence-corrected chi connectivity index (χ3v) is 2.53. The highest BCUT2D eigenvalue weighted by atomic mass is 16.4. The third-order valence-electron chi connectivity index (χ3n) is 2.53. The summed E-state index contributed by atoms with van der Waals surface area (Å²) >= 11 is 0. The Labute approximate surface area is 106 Å². The molecule has 0 bridgehead atoms. The number of nitrogens with zero attached hydrogens (tertiary/aromatic N) is 3. The van der Waals surface area contributed by atoms with Crippen molar-refractivity contribution in [2.45, 2.75) is 26.3 Å². The number of amidine groups is 1. The summed E-state index contributed by atoms with van der Waals surface area (Å²) in [6.07, 6.45) is 3.48. The summed E-state index contributed by atoms with van der Waals surface area (Å²) < 4.78 is 0. The zero-order valence-electron chi connectivity index (χ0n) is 10.6. The highest BCUT2D eigenvalue weighted by molar-refractivity contribution is 5.94. The van der Waals surface area contributed by atoms with Gasteiger partial charge in [0.05, 0.1) is 5.56 Å². The molecular weight excluding hydrogens is 232 g/mol. The number of pyridine rings is 1. The summed E-state index contributed by atoms with van der Waals surface area (Å²) in [4.78, 5) is 17.8. The van der Waals surface area contributed by atoms with E-state index in [2.05, 4.69) is 10.1 Å². The molecule has 0 unspecified atom stereocenters. The third kappa shape index (κ3) is 3.73. The molecule has 0 aliphatic heterocycles. The molecule has 0 aliphatic carbocycles. The smallest absolute Gasteiger partial charge is 0.255 e. The van der Waals surface area contributed by atoms with E-state index >= 15 is 0 Å². The molecule has 1 heterocycles. The SMILES string of the molecule is CC(C)N(CC/C(N)=N/O)C(=O)c1cccnc1. The Balaban J connectivity index is 2.76. The summed E-state index contributed by atoms with van der Waals surface area (Å²) in [5.41, 5.74) is 5.94. The Bertz CT molecular complexity index is 417. The average molecular weight is 250 g/mol. The number of nitrogens with two attached hydrogens (primary N) is 1. The molecule has 0 aliphatic rings. The molecule has 1 amide bonds. The van der Waals surface area contributed by atoms with E-state index in [-0.39, 0.29) is 17.8 Å². The predicted molar refractivity (Wildman–Crippen MR) is 68.4 cm³/mol. The van der Waals surface area contributed by atoms with Crippen molar-refractivity contribution in [3.63, 3.8) is 0 Å². The van der Waals surface area contributed by atoms with Gasteiger partial charge in [0.25, 0.3) is 5.91 Å². The number of aromatic nitrogens is 1. The lowest BCUT2D eigenvalue weighted by Gasteiger charge is -2.26. The van der Waals surface area contributed by atoms with Crippen LogP contribution in [-0.4, -0.2) is 39.4 Å². The Morgan fingerprint density at radius 3 is 2.83 bits per heavy atom. The van der Waals surface area contributed by atoms with Crippen molar-refractivity contribution in [2.75, 3.05) is 6.54 Å². The van der Waals surface area contributed by atoms with E-state index in [0.29, 0.717) is 18.5 Å². The second-order valence-corrected chi connectivity index (χ2v) is 4.18. The van der Waals surface area contributed by atoms with Crippen LogP contribution in [0.15, 0.2) is 29.7 Å². The fourth-order valence-corrected chi connectivity index (χ4v) is 1.53. The van der Waals surface area contributed by atoms with E-state index in [1.165, 1.54) is 6.20 Å². The molecule has 98 valence electrons. The highest BCUT2D eigenvalue weighted by Gasteiger charge is 2.18. The zero-order valence-corrected chi connectivity index (χ0v) is 10.6. The van der Waals surface area contributed by atoms with Crippen LogP contribution in [0.1, 0.15) is 30.6 Å². The van der Waals surface area contributed by atoms with Gasteiger partial charge in [-0.15, -0.1) is 0 Å². The molecule has 0 spiro atoms. The lowest BCUT2D eigenvalue weighted by atomic mass is 10.2. The number of carbonyl (C=O) groups is 1. The van der Waals surface area contributed by atoms with Gasteiger partial charge in [0.1, 0.15) is 5.84 Å². The molecule has 0 fully saturated rings. The standard InChI is InChI=1S/C12H18N4O2/c1-9(2)16(7-5-11(13)15-18)12(17)10-4-3-6-14-8-10/h3-4,6,8-9,18H,5,7H2,1-2H3,(H2,13,15). The van der Waals surface area contributed by atoms with Crippen molar-refractivity contribution in [2.24, 2.45) is 10.9 Å². The fourth-order valence-electron chi connectivity index (χ4n) is 1.53. The second-order valence-electron chi connectivity index (χ2n) is 4.18. The first kappa shape index (κ1) is 14.0. The average Bonchev–Trinajstić information content (AvgIpc) is 2.39. The Morgan fingerprint density at radius 1 is 1.61 bits per heavy atom. The summed E-state index contributed by atoms with van der Waals surface area (Å²) in [5.74, 6) is 0.00322. The van der Waals surface area contributed by atoms with Crippen molar-refractivity contribution < 1.29 is 10.0 Å². The topological polar surface area (TPSA) is 91.8 Å². The van der Waals surface area contributed by atoms with Gasteiger partial charge in [0, 0.05) is 31.4 Å². The van der Waals surface area contributed by atoms with Crippen LogP contribution in [0.3, 0.4) is 0 Å². The maximum Gasteiger partial charge on any atom is 0.255 e. The number of rotatable bonds is 5. The highest BCUT2D eigenvalue weighted by Crippen LogP contribution is 2.08. The van der Waals surface area contributed by atoms with Gasteiger partial charge >= 0.3 is 0 Å². The quantitative estimate of drug-likeness (QED) is 0.354. The van der Waals surface area contributed by atoms with Crippen molar-refractivity contribution in [1.29, 1.82) is 0 Å². The van der Waals surface area contributed by atoms with E-state index in [0.717, 1.165) is 0 Å². The van der Waals surface area contributed by atoms with Gasteiger partial charge in [-0.1, -0.05) is 5.16 Å². The summed E-state index contributed by atoms with van der Waals surface area (Å²) in [5, 5.41) is 11.4. The number of amides is 1. The van der Waals surface area contributed by atoms with Crippen molar-refractivity contribution in [3.8, 4) is 0 Å². The van der Waals surface area contributed by atoms with Crippen molar-refractivity contribution in [3.05, 3.63) is 30.1 Å². The Morgan fingerprint density at radius 2 is 2.33 bits per heavy atom. The number of hydrogen-bond acceptors (Lipinski definition) is 4. The first-order chi connectivity index (χ1) is 8.56. The van der Waals surface area contributed by atoms with Gasteiger partial charge in [-0.05, 0) is 26.0 Å². The van der Waals surface area contributed by atoms with Gasteiger partial charge in [-0.2, -0.15) is 0 Å². The van der Waals surface area contributed by atoms with Gasteiger partial charge < -0.3 is 15.8 Å². The van der Waals surface area contributed by atoms with Crippen LogP contribution in [0.4, 0.5) is 0 Å². The molecule has 6 nitrogen and oxygen atoms in total. The molecule has 1 aromatic heterocycles. The molecule has 1 aromatic rings. The van der Waals surface area contributed by atoms with Crippen LogP contribution in [0.25, 0.3) is 0 Å². The van der Waals surface area contributed by atoms with Crippen LogP contribution < -0.4 is 5.73 Å². The van der Waals surface area contributed by atoms with Gasteiger partial charge in [-0.3, -0.25) is 9.78 Å². The number of hydrogen-bond donors (Lipinski definition) is 2. The van der Waals surface area contributed by atoms with Crippen molar-refractivity contribution in [1.82, 2.24) is 9.88 Å². The van der Waals surface area contributed by atoms with Crippen LogP contribution in [0, 0.1) is 0 Å². The molecule has 0 atom stereocenters. The molecule has 3 N–H and O–H groups in total. The fraction of sp³-hybridized carbons (Fsp3) is 0.417. The molecular formula is C12H18N4O2. The van der Waals surface area contributed by atoms with Crippen molar-refractivity contribution >= 4 is 11.7 Å². The zero-order chi connectivity index (χ0) is 13.5. The van der Waals surface area contributed by atoms with Crippen LogP contribution in [0.2, 0.25) is 0 Å². The van der Waals surface area contributed by atoms with Gasteiger partial charge in [0.2, 0.25) is 0 Å². The molecule has 0 saturated heterocycles. The van der Waals surface area contributed by atoms with E-state index < -0.39 is 0 Å². The predicted octanol–water partition coefficient (Wildman–Crippen LogP) is 1.07. The van der Waals surface area contributed by atoms with Gasteiger partial charge in [0.15, 0.2) is 0 Å². The largest absolute Gasteiger partial charge is 0.409 e. The molecule has 0 radical (unpaired) electrons. The second kappa shape index (κ2) is 6.58. The van der Waals surface area contributed by atoms with E-state index in [1.54, 1.807) is 23.2 Å². The maximum absolute atomic E-state index is 12.2. The Kier molecular flexibility index (Phi) is 5.10. The van der Waals surface area contributed by atoms with E-state index in [4.69, 9.17) is 10.9 Å². The Hall–Kier alpha value is -2.11. The van der Waals surface area contributed by atoms with Gasteiger partial charge in [-0.25, -0.2) is 0 Å². The van der Waals surface area contributed by atoms with E-state index in [9.17, 15) is 4.79 Å². The molecule has 6 heteroatoms. The number of carbonyl (C=O) groups excluding carboxylic acids is 1. The summed E-state index contributed by atoms with van der Waals surface area (Å²) in [7, 11) is 0. The molecule has 0 aromatic carbocycles. The molecule has 18 heavy (non-hydrogen) atoms.